The lowest BCUT2D eigenvalue weighted by molar-refractivity contribution is -0.120. The number of benzene rings is 2. The zero-order chi connectivity index (χ0) is 16.2. The largest absolute Gasteiger partial charge is 0.392 e. The summed E-state index contributed by atoms with van der Waals surface area (Å²) >= 11 is 0. The molecule has 0 fully saturated rings. The van der Waals surface area contributed by atoms with E-state index in [2.05, 4.69) is 23.3 Å². The van der Waals surface area contributed by atoms with Crippen molar-refractivity contribution in [1.82, 2.24) is 10.3 Å². The number of amides is 1. The molecule has 1 amide bonds. The van der Waals surface area contributed by atoms with Crippen molar-refractivity contribution in [1.29, 1.82) is 0 Å². The smallest absolute Gasteiger partial charge is 0.224 e. The Morgan fingerprint density at radius 1 is 1.09 bits per heavy atom. The average molecular weight is 308 g/mol. The van der Waals surface area contributed by atoms with Crippen LogP contribution in [-0.2, 0) is 24.4 Å². The monoisotopic (exact) mass is 308 g/mol. The van der Waals surface area contributed by atoms with Gasteiger partial charge in [-0.1, -0.05) is 42.5 Å². The second-order valence-corrected chi connectivity index (χ2v) is 5.69. The number of aliphatic hydroxyl groups excluding tert-OH is 1. The van der Waals surface area contributed by atoms with Crippen LogP contribution in [0.1, 0.15) is 22.3 Å². The number of nitrogens with one attached hydrogen (secondary N) is 2. The number of H-pyrrole nitrogens is 1. The van der Waals surface area contributed by atoms with E-state index in [1.165, 1.54) is 5.56 Å². The van der Waals surface area contributed by atoms with Gasteiger partial charge in [0.25, 0.3) is 0 Å². The van der Waals surface area contributed by atoms with Gasteiger partial charge >= 0.3 is 0 Å². The van der Waals surface area contributed by atoms with Crippen molar-refractivity contribution in [3.05, 3.63) is 70.9 Å². The zero-order valence-corrected chi connectivity index (χ0v) is 13.1. The minimum Gasteiger partial charge on any atom is -0.392 e. The van der Waals surface area contributed by atoms with Crippen LogP contribution in [0.2, 0.25) is 0 Å². The van der Waals surface area contributed by atoms with Crippen molar-refractivity contribution in [2.45, 2.75) is 26.5 Å². The Hall–Kier alpha value is -2.59. The third-order valence-corrected chi connectivity index (χ3v) is 4.13. The van der Waals surface area contributed by atoms with Crippen LogP contribution < -0.4 is 5.32 Å². The molecular formula is C19H20N2O2. The van der Waals surface area contributed by atoms with Gasteiger partial charge in [-0.3, -0.25) is 4.79 Å². The van der Waals surface area contributed by atoms with Crippen LogP contribution in [0.15, 0.2) is 48.7 Å². The van der Waals surface area contributed by atoms with Crippen LogP contribution in [0.3, 0.4) is 0 Å². The van der Waals surface area contributed by atoms with E-state index in [0.717, 1.165) is 27.6 Å². The lowest BCUT2D eigenvalue weighted by Crippen LogP contribution is -2.25. The summed E-state index contributed by atoms with van der Waals surface area (Å²) in [5, 5.41) is 13.3. The van der Waals surface area contributed by atoms with E-state index in [4.69, 9.17) is 0 Å². The Labute approximate surface area is 135 Å². The van der Waals surface area contributed by atoms with Gasteiger partial charge in [0.2, 0.25) is 5.91 Å². The Balaban J connectivity index is 1.68. The first-order valence-corrected chi connectivity index (χ1v) is 7.69. The molecular weight excluding hydrogens is 288 g/mol. The molecule has 0 saturated heterocycles. The summed E-state index contributed by atoms with van der Waals surface area (Å²) in [6, 6.07) is 13.7. The topological polar surface area (TPSA) is 65.1 Å². The molecule has 0 aliphatic heterocycles. The number of para-hydroxylation sites is 1. The lowest BCUT2D eigenvalue weighted by Gasteiger charge is -2.09. The third-order valence-electron chi connectivity index (χ3n) is 4.13. The van der Waals surface area contributed by atoms with Gasteiger partial charge in [-0.05, 0) is 29.2 Å². The number of carbonyl (C=O) groups is 1. The first-order chi connectivity index (χ1) is 11.2. The average Bonchev–Trinajstić information content (AvgIpc) is 2.97. The van der Waals surface area contributed by atoms with Crippen LogP contribution >= 0.6 is 0 Å². The fourth-order valence-electron chi connectivity index (χ4n) is 2.82. The molecule has 3 N–H and O–H groups in total. The predicted octanol–water partition coefficient (Wildman–Crippen LogP) is 2.83. The van der Waals surface area contributed by atoms with Crippen molar-refractivity contribution in [2.75, 3.05) is 0 Å². The SMILES string of the molecule is Cc1cccc2c(CC(=O)NCc3ccccc3CO)c[nH]c12. The molecule has 0 bridgehead atoms. The van der Waals surface area contributed by atoms with Crippen molar-refractivity contribution >= 4 is 16.8 Å². The van der Waals surface area contributed by atoms with Crippen LogP contribution in [0.4, 0.5) is 0 Å². The van der Waals surface area contributed by atoms with Crippen molar-refractivity contribution in [2.24, 2.45) is 0 Å². The van der Waals surface area contributed by atoms with Gasteiger partial charge in [-0.2, -0.15) is 0 Å². The molecule has 4 nitrogen and oxygen atoms in total. The summed E-state index contributed by atoms with van der Waals surface area (Å²) in [5.74, 6) is -0.0276. The minimum absolute atomic E-state index is 0.0201. The fourth-order valence-corrected chi connectivity index (χ4v) is 2.82. The number of carbonyl (C=O) groups excluding carboxylic acids is 1. The highest BCUT2D eigenvalue weighted by molar-refractivity contribution is 5.90. The van der Waals surface area contributed by atoms with Gasteiger partial charge in [-0.25, -0.2) is 0 Å². The number of aromatic nitrogens is 1. The molecule has 23 heavy (non-hydrogen) atoms. The zero-order valence-electron chi connectivity index (χ0n) is 13.1. The number of rotatable bonds is 5. The molecule has 0 spiro atoms. The van der Waals surface area contributed by atoms with E-state index in [0.29, 0.717) is 13.0 Å². The van der Waals surface area contributed by atoms with Crippen LogP contribution in [0.5, 0.6) is 0 Å². The van der Waals surface area contributed by atoms with Crippen molar-refractivity contribution in [3.8, 4) is 0 Å². The van der Waals surface area contributed by atoms with Gasteiger partial charge in [-0.15, -0.1) is 0 Å². The highest BCUT2D eigenvalue weighted by atomic mass is 16.3. The number of aryl methyl sites for hydroxylation is 1. The van der Waals surface area contributed by atoms with E-state index >= 15 is 0 Å². The van der Waals surface area contributed by atoms with Crippen molar-refractivity contribution < 1.29 is 9.90 Å². The van der Waals surface area contributed by atoms with E-state index < -0.39 is 0 Å². The summed E-state index contributed by atoms with van der Waals surface area (Å²) in [6.45, 7) is 2.46. The number of aromatic amines is 1. The lowest BCUT2D eigenvalue weighted by atomic mass is 10.1. The third kappa shape index (κ3) is 3.27. The minimum atomic E-state index is -0.0276. The van der Waals surface area contributed by atoms with Gasteiger partial charge < -0.3 is 15.4 Å². The van der Waals surface area contributed by atoms with E-state index in [1.54, 1.807) is 0 Å². The van der Waals surface area contributed by atoms with Crippen LogP contribution in [0, 0.1) is 6.92 Å². The molecule has 3 aromatic rings. The Kier molecular flexibility index (Phi) is 4.44. The standard InChI is InChI=1S/C19H20N2O2/c1-13-5-4-8-17-16(11-21-19(13)17)9-18(23)20-10-14-6-2-3-7-15(14)12-22/h2-8,11,21-22H,9-10,12H2,1H3,(H,20,23). The summed E-state index contributed by atoms with van der Waals surface area (Å²) in [5.41, 5.74) is 5.04. The first-order valence-electron chi connectivity index (χ1n) is 7.69. The maximum absolute atomic E-state index is 12.2. The van der Waals surface area contributed by atoms with Gasteiger partial charge in [0.1, 0.15) is 0 Å². The van der Waals surface area contributed by atoms with E-state index in [-0.39, 0.29) is 12.5 Å². The molecule has 0 aliphatic carbocycles. The quantitative estimate of drug-likeness (QED) is 0.678. The van der Waals surface area contributed by atoms with Crippen molar-refractivity contribution in [3.63, 3.8) is 0 Å². The van der Waals surface area contributed by atoms with Gasteiger partial charge in [0.15, 0.2) is 0 Å². The molecule has 2 aromatic carbocycles. The summed E-state index contributed by atoms with van der Waals surface area (Å²) in [6.07, 6.45) is 2.24. The van der Waals surface area contributed by atoms with E-state index in [1.807, 2.05) is 42.6 Å². The molecule has 0 aliphatic rings. The molecule has 118 valence electrons. The molecule has 0 saturated carbocycles. The highest BCUT2D eigenvalue weighted by Crippen LogP contribution is 2.21. The Morgan fingerprint density at radius 2 is 1.87 bits per heavy atom. The maximum atomic E-state index is 12.2. The van der Waals surface area contributed by atoms with E-state index in [9.17, 15) is 9.90 Å². The number of aliphatic hydroxyl groups is 1. The molecule has 0 atom stereocenters. The highest BCUT2D eigenvalue weighted by Gasteiger charge is 2.10. The van der Waals surface area contributed by atoms with Gasteiger partial charge in [0, 0.05) is 23.6 Å². The summed E-state index contributed by atoms with van der Waals surface area (Å²) in [4.78, 5) is 15.5. The predicted molar refractivity (Wildman–Crippen MR) is 91.0 cm³/mol. The summed E-state index contributed by atoms with van der Waals surface area (Å²) < 4.78 is 0. The second kappa shape index (κ2) is 6.67. The number of hydrogen-bond donors (Lipinski definition) is 3. The number of hydrogen-bond acceptors (Lipinski definition) is 2. The van der Waals surface area contributed by atoms with Crippen LogP contribution in [-0.4, -0.2) is 16.0 Å². The molecule has 3 rings (SSSR count). The molecule has 1 aromatic heterocycles. The molecule has 1 heterocycles. The van der Waals surface area contributed by atoms with Crippen LogP contribution in [0.25, 0.3) is 10.9 Å². The molecule has 0 unspecified atom stereocenters. The Bertz CT molecular complexity index is 836. The first kappa shape index (κ1) is 15.3. The molecule has 4 heteroatoms. The normalized spacial score (nSPS) is 10.9. The number of fused-ring (bicyclic) bond motifs is 1. The Morgan fingerprint density at radius 3 is 2.65 bits per heavy atom. The molecule has 0 radical (unpaired) electrons. The second-order valence-electron chi connectivity index (χ2n) is 5.69. The summed E-state index contributed by atoms with van der Waals surface area (Å²) in [7, 11) is 0. The van der Waals surface area contributed by atoms with Gasteiger partial charge in [0.05, 0.1) is 13.0 Å². The fraction of sp³-hybridized carbons (Fsp3) is 0.211. The maximum Gasteiger partial charge on any atom is 0.224 e.